The van der Waals surface area contributed by atoms with E-state index in [4.69, 9.17) is 4.74 Å². The van der Waals surface area contributed by atoms with Crippen LogP contribution in [0.4, 0.5) is 4.39 Å². The van der Waals surface area contributed by atoms with E-state index in [-0.39, 0.29) is 16.2 Å². The second-order valence-electron chi connectivity index (χ2n) is 3.42. The van der Waals surface area contributed by atoms with Crippen molar-refractivity contribution in [1.82, 2.24) is 0 Å². The number of rotatable bonds is 3. The van der Waals surface area contributed by atoms with Gasteiger partial charge in [0.25, 0.3) is 0 Å². The van der Waals surface area contributed by atoms with Crippen molar-refractivity contribution < 1.29 is 13.9 Å². The van der Waals surface area contributed by atoms with Crippen molar-refractivity contribution in [2.24, 2.45) is 0 Å². The number of hydrogen-bond acceptors (Lipinski definition) is 3. The Morgan fingerprint density at radius 2 is 2.13 bits per heavy atom. The molecule has 80 valence electrons. The van der Waals surface area contributed by atoms with Gasteiger partial charge >= 0.3 is 0 Å². The Morgan fingerprint density at radius 1 is 1.40 bits per heavy atom. The first-order valence-corrected chi connectivity index (χ1v) is 5.70. The molecule has 0 saturated carbocycles. The Bertz CT molecular complexity index is 350. The van der Waals surface area contributed by atoms with Gasteiger partial charge in [0, 0.05) is 11.7 Å². The number of benzene rings is 1. The molecule has 1 atom stereocenters. The van der Waals surface area contributed by atoms with E-state index in [1.807, 2.05) is 0 Å². The summed E-state index contributed by atoms with van der Waals surface area (Å²) in [6, 6.07) is 5.91. The van der Waals surface area contributed by atoms with Gasteiger partial charge in [-0.25, -0.2) is 4.39 Å². The van der Waals surface area contributed by atoms with Gasteiger partial charge in [-0.05, 0) is 30.7 Å². The lowest BCUT2D eigenvalue weighted by Gasteiger charge is -2.09. The van der Waals surface area contributed by atoms with Gasteiger partial charge in [0.05, 0.1) is 0 Å². The Hall–Kier alpha value is -1.03. The number of carbonyl (C=O) groups excluding carboxylic acids is 1. The van der Waals surface area contributed by atoms with Crippen LogP contribution in [-0.2, 0) is 4.79 Å². The van der Waals surface area contributed by atoms with Gasteiger partial charge in [-0.2, -0.15) is 0 Å². The van der Waals surface area contributed by atoms with Crippen LogP contribution in [0.15, 0.2) is 24.3 Å². The van der Waals surface area contributed by atoms with E-state index in [9.17, 15) is 9.18 Å². The van der Waals surface area contributed by atoms with Crippen LogP contribution >= 0.6 is 11.8 Å². The molecule has 0 spiro atoms. The molecule has 0 bridgehead atoms. The lowest BCUT2D eigenvalue weighted by atomic mass is 10.2. The van der Waals surface area contributed by atoms with Crippen LogP contribution < -0.4 is 4.74 Å². The first kappa shape index (κ1) is 10.5. The zero-order valence-electron chi connectivity index (χ0n) is 8.11. The smallest absolute Gasteiger partial charge is 0.189 e. The van der Waals surface area contributed by atoms with Crippen LogP contribution in [0.1, 0.15) is 12.8 Å². The molecule has 0 amide bonds. The van der Waals surface area contributed by atoms with Gasteiger partial charge in [0.15, 0.2) is 5.12 Å². The third-order valence-corrected chi connectivity index (χ3v) is 3.39. The lowest BCUT2D eigenvalue weighted by molar-refractivity contribution is -0.110. The van der Waals surface area contributed by atoms with Gasteiger partial charge in [-0.1, -0.05) is 11.8 Å². The van der Waals surface area contributed by atoms with Crippen molar-refractivity contribution >= 4 is 16.9 Å². The van der Waals surface area contributed by atoms with Gasteiger partial charge in [0.1, 0.15) is 18.2 Å². The van der Waals surface area contributed by atoms with E-state index < -0.39 is 0 Å². The van der Waals surface area contributed by atoms with Gasteiger partial charge in [-0.15, -0.1) is 0 Å². The topological polar surface area (TPSA) is 26.3 Å². The summed E-state index contributed by atoms with van der Waals surface area (Å²) in [7, 11) is 0. The molecule has 1 aromatic rings. The molecule has 0 unspecified atom stereocenters. The quantitative estimate of drug-likeness (QED) is 0.792. The standard InChI is InChI=1S/C11H11FO2S/c12-8-1-3-9(4-2-8)14-7-10-5-6-11(13)15-10/h1-4,10H,5-7H2/t10-/m0/s1. The minimum Gasteiger partial charge on any atom is -0.492 e. The summed E-state index contributed by atoms with van der Waals surface area (Å²) in [4.78, 5) is 11.0. The molecular weight excluding hydrogens is 215 g/mol. The van der Waals surface area contributed by atoms with Crippen LogP contribution in [-0.4, -0.2) is 17.0 Å². The highest BCUT2D eigenvalue weighted by atomic mass is 32.2. The van der Waals surface area contributed by atoms with Gasteiger partial charge < -0.3 is 4.74 Å². The van der Waals surface area contributed by atoms with Crippen molar-refractivity contribution in [2.45, 2.75) is 18.1 Å². The largest absolute Gasteiger partial charge is 0.492 e. The molecule has 1 aromatic carbocycles. The molecular formula is C11H11FO2S. The number of ether oxygens (including phenoxy) is 1. The van der Waals surface area contributed by atoms with Crippen LogP contribution in [0.5, 0.6) is 5.75 Å². The molecule has 0 aromatic heterocycles. The molecule has 1 heterocycles. The van der Waals surface area contributed by atoms with Gasteiger partial charge in [0.2, 0.25) is 0 Å². The molecule has 4 heteroatoms. The molecule has 15 heavy (non-hydrogen) atoms. The van der Waals surface area contributed by atoms with Crippen LogP contribution in [0.3, 0.4) is 0 Å². The predicted molar refractivity (Wildman–Crippen MR) is 57.5 cm³/mol. The van der Waals surface area contributed by atoms with Gasteiger partial charge in [-0.3, -0.25) is 4.79 Å². The summed E-state index contributed by atoms with van der Waals surface area (Å²) in [5.74, 6) is 0.379. The molecule has 0 radical (unpaired) electrons. The van der Waals surface area contributed by atoms with Crippen LogP contribution in [0.25, 0.3) is 0 Å². The fraction of sp³-hybridized carbons (Fsp3) is 0.364. The van der Waals surface area contributed by atoms with Crippen molar-refractivity contribution in [1.29, 1.82) is 0 Å². The average Bonchev–Trinajstić information content (AvgIpc) is 2.64. The first-order valence-electron chi connectivity index (χ1n) is 4.82. The SMILES string of the molecule is O=C1CC[C@@H](COc2ccc(F)cc2)S1. The van der Waals surface area contributed by atoms with Crippen molar-refractivity contribution in [3.8, 4) is 5.75 Å². The van der Waals surface area contributed by atoms with Crippen molar-refractivity contribution in [3.63, 3.8) is 0 Å². The van der Waals surface area contributed by atoms with Crippen LogP contribution in [0.2, 0.25) is 0 Å². The summed E-state index contributed by atoms with van der Waals surface area (Å²) < 4.78 is 18.0. The Kier molecular flexibility index (Phi) is 3.26. The third-order valence-electron chi connectivity index (χ3n) is 2.22. The third kappa shape index (κ3) is 2.96. The Morgan fingerprint density at radius 3 is 2.73 bits per heavy atom. The summed E-state index contributed by atoms with van der Waals surface area (Å²) >= 11 is 1.35. The number of carbonyl (C=O) groups is 1. The lowest BCUT2D eigenvalue weighted by Crippen LogP contribution is -2.10. The molecule has 0 aliphatic carbocycles. The maximum absolute atomic E-state index is 12.6. The molecule has 2 nitrogen and oxygen atoms in total. The summed E-state index contributed by atoms with van der Waals surface area (Å²) in [5, 5.41) is 0.491. The molecule has 1 saturated heterocycles. The molecule has 0 N–H and O–H groups in total. The maximum atomic E-state index is 12.6. The highest BCUT2D eigenvalue weighted by Crippen LogP contribution is 2.28. The number of thioether (sulfide) groups is 1. The molecule has 1 aliphatic heterocycles. The van der Waals surface area contributed by atoms with E-state index >= 15 is 0 Å². The van der Waals surface area contributed by atoms with Crippen molar-refractivity contribution in [3.05, 3.63) is 30.1 Å². The predicted octanol–water partition coefficient (Wildman–Crippen LogP) is 2.63. The summed E-state index contributed by atoms with van der Waals surface area (Å²) in [5.41, 5.74) is 0. The van der Waals surface area contributed by atoms with E-state index in [1.54, 1.807) is 12.1 Å². The first-order chi connectivity index (χ1) is 7.24. The minimum atomic E-state index is -0.271. The zero-order valence-corrected chi connectivity index (χ0v) is 8.93. The van der Waals surface area contributed by atoms with E-state index in [2.05, 4.69) is 0 Å². The number of hydrogen-bond donors (Lipinski definition) is 0. The fourth-order valence-corrected chi connectivity index (χ4v) is 2.40. The number of halogens is 1. The normalized spacial score (nSPS) is 20.6. The highest BCUT2D eigenvalue weighted by molar-refractivity contribution is 8.14. The molecule has 2 rings (SSSR count). The summed E-state index contributed by atoms with van der Waals surface area (Å²) in [6.45, 7) is 0.516. The highest BCUT2D eigenvalue weighted by Gasteiger charge is 2.23. The minimum absolute atomic E-state index is 0.239. The van der Waals surface area contributed by atoms with E-state index in [1.165, 1.54) is 23.9 Å². The monoisotopic (exact) mass is 226 g/mol. The van der Waals surface area contributed by atoms with E-state index in [0.29, 0.717) is 18.8 Å². The Labute approximate surface area is 91.8 Å². The maximum Gasteiger partial charge on any atom is 0.189 e. The second-order valence-corrected chi connectivity index (χ2v) is 4.77. The van der Waals surface area contributed by atoms with E-state index in [0.717, 1.165) is 6.42 Å². The Balaban J connectivity index is 1.83. The van der Waals surface area contributed by atoms with Crippen LogP contribution in [0, 0.1) is 5.82 Å². The molecule has 1 fully saturated rings. The van der Waals surface area contributed by atoms with Crippen molar-refractivity contribution in [2.75, 3.05) is 6.61 Å². The second kappa shape index (κ2) is 4.66. The average molecular weight is 226 g/mol. The fourth-order valence-electron chi connectivity index (χ4n) is 1.42. The molecule has 1 aliphatic rings. The zero-order chi connectivity index (χ0) is 10.7. The summed E-state index contributed by atoms with van der Waals surface area (Å²) in [6.07, 6.45) is 1.52.